The first-order chi connectivity index (χ1) is 9.08. The van der Waals surface area contributed by atoms with Gasteiger partial charge in [-0.1, -0.05) is 27.2 Å². The van der Waals surface area contributed by atoms with E-state index in [1.54, 1.807) is 0 Å². The highest BCUT2D eigenvalue weighted by Crippen LogP contribution is 2.35. The van der Waals surface area contributed by atoms with Gasteiger partial charge in [-0.2, -0.15) is 0 Å². The summed E-state index contributed by atoms with van der Waals surface area (Å²) in [5, 5.41) is 3.61. The van der Waals surface area contributed by atoms with Crippen LogP contribution < -0.4 is 5.32 Å². The summed E-state index contributed by atoms with van der Waals surface area (Å²) in [6.07, 6.45) is 7.35. The molecule has 2 rings (SSSR count). The molecule has 1 N–H and O–H groups in total. The van der Waals surface area contributed by atoms with Gasteiger partial charge in [-0.05, 0) is 56.3 Å². The molecule has 4 atom stereocenters. The molecule has 0 amide bonds. The first-order valence-electron chi connectivity index (χ1n) is 8.43. The fourth-order valence-corrected chi connectivity index (χ4v) is 3.57. The summed E-state index contributed by atoms with van der Waals surface area (Å²) in [6, 6.07) is 0.690. The second-order valence-corrected chi connectivity index (χ2v) is 7.32. The Hall–Kier alpha value is -0.0800. The summed E-state index contributed by atoms with van der Waals surface area (Å²) in [7, 11) is 0. The fraction of sp³-hybridized carbons (Fsp3) is 1.00. The van der Waals surface area contributed by atoms with Crippen LogP contribution in [0.2, 0.25) is 0 Å². The van der Waals surface area contributed by atoms with E-state index in [1.807, 2.05) is 0 Å². The van der Waals surface area contributed by atoms with E-state index in [-0.39, 0.29) is 0 Å². The predicted octanol–water partition coefficient (Wildman–Crippen LogP) is 3.85. The van der Waals surface area contributed by atoms with Gasteiger partial charge in [0.05, 0.1) is 12.7 Å². The predicted molar refractivity (Wildman–Crippen MR) is 81.3 cm³/mol. The Bertz CT molecular complexity index is 262. The van der Waals surface area contributed by atoms with Crippen molar-refractivity contribution in [2.45, 2.75) is 71.9 Å². The third-order valence-corrected chi connectivity index (χ3v) is 5.19. The first kappa shape index (κ1) is 15.3. The summed E-state index contributed by atoms with van der Waals surface area (Å²) in [5.41, 5.74) is 0. The van der Waals surface area contributed by atoms with Gasteiger partial charge in [0.2, 0.25) is 0 Å². The summed E-state index contributed by atoms with van der Waals surface area (Å²) in [4.78, 5) is 0. The average Bonchev–Trinajstić information content (AvgIpc) is 3.18. The summed E-state index contributed by atoms with van der Waals surface area (Å²) in [6.45, 7) is 11.3. The molecular weight excluding hydrogens is 234 g/mol. The molecule has 0 heterocycles. The Balaban J connectivity index is 1.66. The van der Waals surface area contributed by atoms with Crippen molar-refractivity contribution < 1.29 is 4.74 Å². The van der Waals surface area contributed by atoms with E-state index >= 15 is 0 Å². The second kappa shape index (κ2) is 7.08. The Morgan fingerprint density at radius 2 is 1.84 bits per heavy atom. The molecule has 0 aromatic carbocycles. The molecular formula is C17H33NO. The van der Waals surface area contributed by atoms with Crippen LogP contribution in [0.4, 0.5) is 0 Å². The third kappa shape index (κ3) is 4.75. The highest BCUT2D eigenvalue weighted by molar-refractivity contribution is 4.84. The SMILES string of the molecule is CC1CCC(C(C)C)C(OCCNC(C)C2CC2)C1. The molecule has 0 aromatic rings. The van der Waals surface area contributed by atoms with Gasteiger partial charge in [-0.3, -0.25) is 0 Å². The van der Waals surface area contributed by atoms with Gasteiger partial charge in [0.15, 0.2) is 0 Å². The van der Waals surface area contributed by atoms with Crippen molar-refractivity contribution in [1.82, 2.24) is 5.32 Å². The zero-order chi connectivity index (χ0) is 13.8. The molecule has 2 aliphatic carbocycles. The Morgan fingerprint density at radius 3 is 2.47 bits per heavy atom. The molecule has 19 heavy (non-hydrogen) atoms. The van der Waals surface area contributed by atoms with Crippen LogP contribution in [0.25, 0.3) is 0 Å². The molecule has 4 unspecified atom stereocenters. The van der Waals surface area contributed by atoms with Crippen LogP contribution in [0.1, 0.15) is 59.8 Å². The molecule has 0 bridgehead atoms. The summed E-state index contributed by atoms with van der Waals surface area (Å²) < 4.78 is 6.22. The van der Waals surface area contributed by atoms with E-state index in [9.17, 15) is 0 Å². The van der Waals surface area contributed by atoms with Crippen LogP contribution in [-0.2, 0) is 4.74 Å². The van der Waals surface area contributed by atoms with Crippen LogP contribution in [0.15, 0.2) is 0 Å². The minimum Gasteiger partial charge on any atom is -0.377 e. The van der Waals surface area contributed by atoms with Crippen molar-refractivity contribution in [3.8, 4) is 0 Å². The summed E-state index contributed by atoms with van der Waals surface area (Å²) >= 11 is 0. The van der Waals surface area contributed by atoms with Gasteiger partial charge >= 0.3 is 0 Å². The maximum absolute atomic E-state index is 6.22. The molecule has 2 fully saturated rings. The number of rotatable bonds is 7. The molecule has 112 valence electrons. The fourth-order valence-electron chi connectivity index (χ4n) is 3.57. The van der Waals surface area contributed by atoms with Crippen LogP contribution >= 0.6 is 0 Å². The highest BCUT2D eigenvalue weighted by atomic mass is 16.5. The smallest absolute Gasteiger partial charge is 0.0608 e. The van der Waals surface area contributed by atoms with Gasteiger partial charge < -0.3 is 10.1 Å². The molecule has 2 aliphatic rings. The normalized spacial score (nSPS) is 33.6. The van der Waals surface area contributed by atoms with Gasteiger partial charge in [0.1, 0.15) is 0 Å². The third-order valence-electron chi connectivity index (χ3n) is 5.19. The monoisotopic (exact) mass is 267 g/mol. The van der Waals surface area contributed by atoms with Crippen molar-refractivity contribution in [2.75, 3.05) is 13.2 Å². The molecule has 0 aliphatic heterocycles. The topological polar surface area (TPSA) is 21.3 Å². The molecule has 2 heteroatoms. The summed E-state index contributed by atoms with van der Waals surface area (Å²) in [5.74, 6) is 3.32. The second-order valence-electron chi connectivity index (χ2n) is 7.32. The Labute approximate surface area is 119 Å². The van der Waals surface area contributed by atoms with E-state index in [0.29, 0.717) is 12.1 Å². The minimum atomic E-state index is 0.502. The van der Waals surface area contributed by atoms with Crippen molar-refractivity contribution in [3.63, 3.8) is 0 Å². The minimum absolute atomic E-state index is 0.502. The van der Waals surface area contributed by atoms with Crippen molar-refractivity contribution >= 4 is 0 Å². The Morgan fingerprint density at radius 1 is 1.11 bits per heavy atom. The van der Waals surface area contributed by atoms with E-state index in [0.717, 1.165) is 36.8 Å². The van der Waals surface area contributed by atoms with Crippen LogP contribution in [0.5, 0.6) is 0 Å². The van der Waals surface area contributed by atoms with Crippen molar-refractivity contribution in [1.29, 1.82) is 0 Å². The molecule has 0 radical (unpaired) electrons. The lowest BCUT2D eigenvalue weighted by Crippen LogP contribution is -2.37. The average molecular weight is 267 g/mol. The lowest BCUT2D eigenvalue weighted by molar-refractivity contribution is -0.0372. The van der Waals surface area contributed by atoms with Gasteiger partial charge in [0, 0.05) is 12.6 Å². The standard InChI is InChI=1S/C17H33NO/c1-12(2)16-8-5-13(3)11-17(16)19-10-9-18-14(4)15-6-7-15/h12-18H,5-11H2,1-4H3. The highest BCUT2D eigenvalue weighted by Gasteiger charge is 2.31. The zero-order valence-corrected chi connectivity index (χ0v) is 13.3. The number of hydrogen-bond acceptors (Lipinski definition) is 2. The van der Waals surface area contributed by atoms with Crippen LogP contribution in [-0.4, -0.2) is 25.3 Å². The molecule has 2 nitrogen and oxygen atoms in total. The van der Waals surface area contributed by atoms with Crippen LogP contribution in [0, 0.1) is 23.7 Å². The maximum Gasteiger partial charge on any atom is 0.0608 e. The maximum atomic E-state index is 6.22. The van der Waals surface area contributed by atoms with Crippen molar-refractivity contribution in [3.05, 3.63) is 0 Å². The molecule has 0 aromatic heterocycles. The number of hydrogen-bond donors (Lipinski definition) is 1. The van der Waals surface area contributed by atoms with E-state index in [2.05, 4.69) is 33.0 Å². The first-order valence-corrected chi connectivity index (χ1v) is 8.43. The molecule has 2 saturated carbocycles. The van der Waals surface area contributed by atoms with Crippen LogP contribution in [0.3, 0.4) is 0 Å². The van der Waals surface area contributed by atoms with Gasteiger partial charge in [-0.15, -0.1) is 0 Å². The number of nitrogens with one attached hydrogen (secondary N) is 1. The quantitative estimate of drug-likeness (QED) is 0.707. The number of ether oxygens (including phenoxy) is 1. The van der Waals surface area contributed by atoms with Crippen molar-refractivity contribution in [2.24, 2.45) is 23.7 Å². The van der Waals surface area contributed by atoms with E-state index in [4.69, 9.17) is 4.74 Å². The van der Waals surface area contributed by atoms with Gasteiger partial charge in [-0.25, -0.2) is 0 Å². The zero-order valence-electron chi connectivity index (χ0n) is 13.3. The lowest BCUT2D eigenvalue weighted by atomic mass is 9.75. The van der Waals surface area contributed by atoms with E-state index < -0.39 is 0 Å². The molecule has 0 saturated heterocycles. The largest absolute Gasteiger partial charge is 0.377 e. The lowest BCUT2D eigenvalue weighted by Gasteiger charge is -2.37. The van der Waals surface area contributed by atoms with E-state index in [1.165, 1.54) is 32.1 Å². The Kier molecular flexibility index (Phi) is 5.70. The van der Waals surface area contributed by atoms with Gasteiger partial charge in [0.25, 0.3) is 0 Å². The molecule has 0 spiro atoms.